The van der Waals surface area contributed by atoms with Gasteiger partial charge in [0.05, 0.1) is 11.6 Å². The van der Waals surface area contributed by atoms with Crippen LogP contribution in [0.15, 0.2) is 36.5 Å². The van der Waals surface area contributed by atoms with Crippen molar-refractivity contribution in [3.63, 3.8) is 0 Å². The van der Waals surface area contributed by atoms with Gasteiger partial charge >= 0.3 is 6.18 Å². The smallest absolute Gasteiger partial charge is 0.417 e. The second kappa shape index (κ2) is 8.34. The van der Waals surface area contributed by atoms with Crippen molar-refractivity contribution < 1.29 is 27.1 Å². The summed E-state index contributed by atoms with van der Waals surface area (Å²) < 4.78 is 56.8. The van der Waals surface area contributed by atoms with Crippen LogP contribution in [0.25, 0.3) is 0 Å². The first-order valence-electron chi connectivity index (χ1n) is 8.13. The lowest BCUT2D eigenvalue weighted by Gasteiger charge is -2.14. The number of nitrogens with zero attached hydrogens (tertiary/aromatic N) is 1. The Morgan fingerprint density at radius 1 is 1.26 bits per heavy atom. The van der Waals surface area contributed by atoms with E-state index in [-0.39, 0.29) is 23.2 Å². The molecule has 0 fully saturated rings. The molecule has 0 radical (unpaired) electrons. The molecule has 1 heterocycles. The van der Waals surface area contributed by atoms with E-state index in [1.807, 2.05) is 13.8 Å². The SMILES string of the molecule is CC(C)C[C@H](N)C(=O)Nc1ccc(Oc2ccc(C(F)(F)F)cn2)c(F)c1. The molecule has 0 aliphatic carbocycles. The second-order valence-corrected chi connectivity index (χ2v) is 6.36. The first-order valence-corrected chi connectivity index (χ1v) is 8.13. The quantitative estimate of drug-likeness (QED) is 0.725. The Balaban J connectivity index is 2.05. The number of carbonyl (C=O) groups excluding carboxylic acids is 1. The first-order chi connectivity index (χ1) is 12.6. The first kappa shape index (κ1) is 20.6. The van der Waals surface area contributed by atoms with Crippen molar-refractivity contribution in [2.45, 2.75) is 32.5 Å². The number of nitrogens with one attached hydrogen (secondary N) is 1. The lowest BCUT2D eigenvalue weighted by Crippen LogP contribution is -2.36. The minimum absolute atomic E-state index is 0.185. The summed E-state index contributed by atoms with van der Waals surface area (Å²) in [6, 6.07) is 4.70. The molecule has 5 nitrogen and oxygen atoms in total. The number of nitrogens with two attached hydrogens (primary N) is 1. The van der Waals surface area contributed by atoms with E-state index in [1.54, 1.807) is 0 Å². The molecule has 1 amide bonds. The number of pyridine rings is 1. The predicted molar refractivity (Wildman–Crippen MR) is 91.8 cm³/mol. The maximum Gasteiger partial charge on any atom is 0.417 e. The van der Waals surface area contributed by atoms with Crippen LogP contribution in [0.5, 0.6) is 11.6 Å². The predicted octanol–water partition coefficient (Wildman–Crippen LogP) is 4.34. The summed E-state index contributed by atoms with van der Waals surface area (Å²) in [6.45, 7) is 3.85. The molecule has 1 aromatic carbocycles. The van der Waals surface area contributed by atoms with Crippen molar-refractivity contribution >= 4 is 11.6 Å². The highest BCUT2D eigenvalue weighted by molar-refractivity contribution is 5.94. The largest absolute Gasteiger partial charge is 0.436 e. The molecule has 9 heteroatoms. The van der Waals surface area contributed by atoms with E-state index < -0.39 is 29.5 Å². The van der Waals surface area contributed by atoms with Gasteiger partial charge in [0.1, 0.15) is 0 Å². The lowest BCUT2D eigenvalue weighted by molar-refractivity contribution is -0.137. The summed E-state index contributed by atoms with van der Waals surface area (Å²) in [6.07, 6.45) is -3.44. The number of anilines is 1. The Kier molecular flexibility index (Phi) is 6.37. The van der Waals surface area contributed by atoms with Gasteiger partial charge < -0.3 is 15.8 Å². The molecule has 2 aromatic rings. The van der Waals surface area contributed by atoms with E-state index in [2.05, 4.69) is 10.3 Å². The molecule has 0 aliphatic rings. The van der Waals surface area contributed by atoms with Gasteiger partial charge in [0, 0.05) is 24.0 Å². The summed E-state index contributed by atoms with van der Waals surface area (Å²) in [7, 11) is 0. The van der Waals surface area contributed by atoms with Gasteiger partial charge in [0.15, 0.2) is 11.6 Å². The van der Waals surface area contributed by atoms with E-state index in [1.165, 1.54) is 12.1 Å². The Morgan fingerprint density at radius 2 is 1.96 bits per heavy atom. The molecular formula is C18H19F4N3O2. The molecule has 3 N–H and O–H groups in total. The molecule has 0 bridgehead atoms. The molecule has 2 rings (SSSR count). The summed E-state index contributed by atoms with van der Waals surface area (Å²) in [4.78, 5) is 15.5. The van der Waals surface area contributed by atoms with Crippen molar-refractivity contribution in [1.82, 2.24) is 4.98 Å². The molecule has 1 atom stereocenters. The van der Waals surface area contributed by atoms with Crippen LogP contribution in [0, 0.1) is 11.7 Å². The average molecular weight is 385 g/mol. The van der Waals surface area contributed by atoms with Crippen molar-refractivity contribution in [2.24, 2.45) is 11.7 Å². The molecule has 0 saturated heterocycles. The maximum absolute atomic E-state index is 14.2. The van der Waals surface area contributed by atoms with Crippen LogP contribution in [-0.4, -0.2) is 16.9 Å². The van der Waals surface area contributed by atoms with Crippen LogP contribution in [0.1, 0.15) is 25.8 Å². The van der Waals surface area contributed by atoms with Crippen molar-refractivity contribution in [3.8, 4) is 11.6 Å². The summed E-state index contributed by atoms with van der Waals surface area (Å²) in [5, 5.41) is 2.50. The molecule has 1 aromatic heterocycles. The zero-order chi connectivity index (χ0) is 20.2. The van der Waals surface area contributed by atoms with Gasteiger partial charge in [-0.2, -0.15) is 13.2 Å². The highest BCUT2D eigenvalue weighted by atomic mass is 19.4. The molecule has 0 unspecified atom stereocenters. The standard InChI is InChI=1S/C18H19F4N3O2/c1-10(2)7-14(23)17(26)25-12-4-5-15(13(19)8-12)27-16-6-3-11(9-24-16)18(20,21)22/h3-6,8-10,14H,7,23H2,1-2H3,(H,25,26)/t14-/m0/s1. The van der Waals surface area contributed by atoms with Gasteiger partial charge in [0.25, 0.3) is 0 Å². The molecule has 0 aliphatic heterocycles. The maximum atomic E-state index is 14.2. The zero-order valence-corrected chi connectivity index (χ0v) is 14.7. The normalized spacial score (nSPS) is 12.7. The van der Waals surface area contributed by atoms with Crippen LogP contribution in [0.3, 0.4) is 0 Å². The number of halogens is 4. The number of hydrogen-bond acceptors (Lipinski definition) is 4. The Hall–Kier alpha value is -2.68. The number of hydrogen-bond donors (Lipinski definition) is 2. The van der Waals surface area contributed by atoms with E-state index in [0.29, 0.717) is 12.6 Å². The Morgan fingerprint density at radius 3 is 2.48 bits per heavy atom. The van der Waals surface area contributed by atoms with Crippen LogP contribution in [-0.2, 0) is 11.0 Å². The Bertz CT molecular complexity index is 792. The van der Waals surface area contributed by atoms with E-state index in [4.69, 9.17) is 10.5 Å². The number of rotatable bonds is 6. The fraction of sp³-hybridized carbons (Fsp3) is 0.333. The number of benzene rings is 1. The van der Waals surface area contributed by atoms with Crippen LogP contribution in [0.2, 0.25) is 0 Å². The van der Waals surface area contributed by atoms with Gasteiger partial charge in [-0.15, -0.1) is 0 Å². The molecule has 27 heavy (non-hydrogen) atoms. The van der Waals surface area contributed by atoms with E-state index in [9.17, 15) is 22.4 Å². The summed E-state index contributed by atoms with van der Waals surface area (Å²) in [5.74, 6) is -1.47. The van der Waals surface area contributed by atoms with Gasteiger partial charge in [0.2, 0.25) is 11.8 Å². The third-order valence-electron chi connectivity index (χ3n) is 3.54. The number of amides is 1. The lowest BCUT2D eigenvalue weighted by atomic mass is 10.0. The number of aromatic nitrogens is 1. The summed E-state index contributed by atoms with van der Waals surface area (Å²) in [5.41, 5.74) is 5.01. The zero-order valence-electron chi connectivity index (χ0n) is 14.7. The topological polar surface area (TPSA) is 77.2 Å². The minimum atomic E-state index is -4.52. The fourth-order valence-electron chi connectivity index (χ4n) is 2.23. The van der Waals surface area contributed by atoms with Crippen LogP contribution < -0.4 is 15.8 Å². The van der Waals surface area contributed by atoms with Gasteiger partial charge in [-0.3, -0.25) is 4.79 Å². The number of carbonyl (C=O) groups is 1. The third kappa shape index (κ3) is 5.92. The van der Waals surface area contributed by atoms with Crippen LogP contribution in [0.4, 0.5) is 23.2 Å². The van der Waals surface area contributed by atoms with Gasteiger partial charge in [-0.25, -0.2) is 9.37 Å². The Labute approximate surface area is 153 Å². The molecular weight excluding hydrogens is 366 g/mol. The van der Waals surface area contributed by atoms with Gasteiger partial charge in [-0.1, -0.05) is 13.8 Å². The highest BCUT2D eigenvalue weighted by Crippen LogP contribution is 2.31. The molecule has 0 spiro atoms. The number of alkyl halides is 3. The fourth-order valence-corrected chi connectivity index (χ4v) is 2.23. The monoisotopic (exact) mass is 385 g/mol. The van der Waals surface area contributed by atoms with E-state index in [0.717, 1.165) is 18.2 Å². The van der Waals surface area contributed by atoms with Crippen molar-refractivity contribution in [2.75, 3.05) is 5.32 Å². The van der Waals surface area contributed by atoms with Crippen molar-refractivity contribution in [3.05, 3.63) is 47.9 Å². The van der Waals surface area contributed by atoms with E-state index >= 15 is 0 Å². The van der Waals surface area contributed by atoms with Crippen LogP contribution >= 0.6 is 0 Å². The minimum Gasteiger partial charge on any atom is -0.436 e. The molecule has 146 valence electrons. The number of ether oxygens (including phenoxy) is 1. The second-order valence-electron chi connectivity index (χ2n) is 6.36. The van der Waals surface area contributed by atoms with Crippen molar-refractivity contribution in [1.29, 1.82) is 0 Å². The summed E-state index contributed by atoms with van der Waals surface area (Å²) >= 11 is 0. The van der Waals surface area contributed by atoms with Gasteiger partial charge in [-0.05, 0) is 30.5 Å². The molecule has 0 saturated carbocycles. The highest BCUT2D eigenvalue weighted by Gasteiger charge is 2.30. The third-order valence-corrected chi connectivity index (χ3v) is 3.54. The average Bonchev–Trinajstić information content (AvgIpc) is 2.56.